The minimum Gasteiger partial charge on any atom is -0.495 e. The summed E-state index contributed by atoms with van der Waals surface area (Å²) in [4.78, 5) is 19.4. The quantitative estimate of drug-likeness (QED) is 0.565. The van der Waals surface area contributed by atoms with Crippen molar-refractivity contribution in [3.05, 3.63) is 83.4 Å². The van der Waals surface area contributed by atoms with Gasteiger partial charge >= 0.3 is 6.03 Å². The molecule has 3 aromatic rings. The van der Waals surface area contributed by atoms with Crippen molar-refractivity contribution in [1.82, 2.24) is 10.3 Å². The SMILES string of the molecule is COc1ccc([C@@H]2CN(c3ccc(F)cc3)CC[C@H]2NC(=O)Nc2ccc(Cl)cc2)nc1. The van der Waals surface area contributed by atoms with Crippen molar-refractivity contribution in [2.24, 2.45) is 0 Å². The van der Waals surface area contributed by atoms with Gasteiger partial charge in [0, 0.05) is 47.1 Å². The van der Waals surface area contributed by atoms with Gasteiger partial charge in [0.15, 0.2) is 0 Å². The van der Waals surface area contributed by atoms with Gasteiger partial charge in [0.2, 0.25) is 0 Å². The summed E-state index contributed by atoms with van der Waals surface area (Å²) < 4.78 is 18.6. The van der Waals surface area contributed by atoms with E-state index < -0.39 is 0 Å². The number of amides is 2. The van der Waals surface area contributed by atoms with Crippen LogP contribution in [0.1, 0.15) is 18.0 Å². The predicted molar refractivity (Wildman–Crippen MR) is 124 cm³/mol. The molecule has 1 fully saturated rings. The number of hydrogen-bond donors (Lipinski definition) is 2. The number of anilines is 2. The number of aromatic nitrogens is 1. The summed E-state index contributed by atoms with van der Waals surface area (Å²) in [7, 11) is 1.60. The Balaban J connectivity index is 1.51. The topological polar surface area (TPSA) is 66.5 Å². The number of halogens is 2. The minimum atomic E-state index is -0.286. The number of rotatable bonds is 5. The van der Waals surface area contributed by atoms with Crippen LogP contribution in [0.5, 0.6) is 5.75 Å². The van der Waals surface area contributed by atoms with Crippen LogP contribution in [-0.2, 0) is 0 Å². The second kappa shape index (κ2) is 9.87. The zero-order valence-electron chi connectivity index (χ0n) is 17.6. The van der Waals surface area contributed by atoms with Crippen molar-refractivity contribution in [3.8, 4) is 5.75 Å². The Labute approximate surface area is 191 Å². The number of nitrogens with one attached hydrogen (secondary N) is 2. The number of pyridine rings is 1. The number of nitrogens with zero attached hydrogens (tertiary/aromatic N) is 2. The first-order valence-corrected chi connectivity index (χ1v) is 10.7. The number of carbonyl (C=O) groups excluding carboxylic acids is 1. The van der Waals surface area contributed by atoms with E-state index in [0.717, 1.165) is 17.9 Å². The van der Waals surface area contributed by atoms with E-state index in [1.54, 1.807) is 49.7 Å². The lowest BCUT2D eigenvalue weighted by Crippen LogP contribution is -2.51. The molecule has 2 atom stereocenters. The number of hydrogen-bond acceptors (Lipinski definition) is 4. The summed E-state index contributed by atoms with van der Waals surface area (Å²) in [6.45, 7) is 1.36. The van der Waals surface area contributed by atoms with E-state index in [2.05, 4.69) is 20.5 Å². The van der Waals surface area contributed by atoms with E-state index in [4.69, 9.17) is 16.3 Å². The summed E-state index contributed by atoms with van der Waals surface area (Å²) in [6.07, 6.45) is 2.39. The zero-order chi connectivity index (χ0) is 22.5. The molecule has 1 aliphatic rings. The maximum absolute atomic E-state index is 13.4. The fourth-order valence-electron chi connectivity index (χ4n) is 3.91. The number of urea groups is 1. The molecule has 2 heterocycles. The molecular weight excluding hydrogens is 431 g/mol. The van der Waals surface area contributed by atoms with E-state index in [-0.39, 0.29) is 23.8 Å². The van der Waals surface area contributed by atoms with E-state index in [1.807, 2.05) is 12.1 Å². The average Bonchev–Trinajstić information content (AvgIpc) is 2.81. The van der Waals surface area contributed by atoms with Gasteiger partial charge in [-0.3, -0.25) is 4.98 Å². The Morgan fingerprint density at radius 3 is 2.53 bits per heavy atom. The lowest BCUT2D eigenvalue weighted by Gasteiger charge is -2.40. The van der Waals surface area contributed by atoms with Crippen LogP contribution in [0.15, 0.2) is 66.9 Å². The van der Waals surface area contributed by atoms with Gasteiger partial charge in [0.05, 0.1) is 13.3 Å². The number of carbonyl (C=O) groups is 1. The molecule has 0 saturated carbocycles. The first-order chi connectivity index (χ1) is 15.5. The summed E-state index contributed by atoms with van der Waals surface area (Å²) in [5.74, 6) is 0.346. The van der Waals surface area contributed by atoms with Crippen LogP contribution >= 0.6 is 11.6 Å². The number of piperidine rings is 1. The molecule has 2 aromatic carbocycles. The summed E-state index contributed by atoms with van der Waals surface area (Å²) in [5, 5.41) is 6.56. The smallest absolute Gasteiger partial charge is 0.319 e. The van der Waals surface area contributed by atoms with Crippen molar-refractivity contribution < 1.29 is 13.9 Å². The Hall–Kier alpha value is -3.32. The minimum absolute atomic E-state index is 0.0596. The molecule has 2 N–H and O–H groups in total. The number of benzene rings is 2. The molecule has 4 rings (SSSR count). The summed E-state index contributed by atoms with van der Waals surface area (Å²) in [6, 6.07) is 16.8. The third-order valence-corrected chi connectivity index (χ3v) is 5.85. The molecule has 32 heavy (non-hydrogen) atoms. The lowest BCUT2D eigenvalue weighted by atomic mass is 9.88. The molecule has 166 valence electrons. The number of ether oxygens (including phenoxy) is 1. The molecule has 0 radical (unpaired) electrons. The van der Waals surface area contributed by atoms with E-state index >= 15 is 0 Å². The highest BCUT2D eigenvalue weighted by Gasteiger charge is 2.32. The third kappa shape index (κ3) is 5.29. The van der Waals surface area contributed by atoms with Crippen molar-refractivity contribution in [1.29, 1.82) is 0 Å². The molecule has 1 saturated heterocycles. The molecule has 8 heteroatoms. The maximum Gasteiger partial charge on any atom is 0.319 e. The Kier molecular flexibility index (Phi) is 6.75. The molecular formula is C24H24ClFN4O2. The first kappa shape index (κ1) is 21.9. The lowest BCUT2D eigenvalue weighted by molar-refractivity contribution is 0.243. The van der Waals surface area contributed by atoms with Gasteiger partial charge < -0.3 is 20.3 Å². The normalized spacial score (nSPS) is 18.2. The Morgan fingerprint density at radius 2 is 1.88 bits per heavy atom. The van der Waals surface area contributed by atoms with Crippen LogP contribution in [0.2, 0.25) is 5.02 Å². The Morgan fingerprint density at radius 1 is 1.12 bits per heavy atom. The largest absolute Gasteiger partial charge is 0.495 e. The van der Waals surface area contributed by atoms with E-state index in [9.17, 15) is 9.18 Å². The van der Waals surface area contributed by atoms with E-state index in [1.165, 1.54) is 12.1 Å². The van der Waals surface area contributed by atoms with Crippen LogP contribution in [0.25, 0.3) is 0 Å². The van der Waals surface area contributed by atoms with Crippen LogP contribution in [0, 0.1) is 5.82 Å². The van der Waals surface area contributed by atoms with Gasteiger partial charge in [0.25, 0.3) is 0 Å². The van der Waals surface area contributed by atoms with Crippen LogP contribution in [-0.4, -0.2) is 37.3 Å². The van der Waals surface area contributed by atoms with Gasteiger partial charge in [-0.1, -0.05) is 11.6 Å². The second-order valence-corrected chi connectivity index (χ2v) is 8.09. The van der Waals surface area contributed by atoms with E-state index in [0.29, 0.717) is 29.4 Å². The monoisotopic (exact) mass is 454 g/mol. The molecule has 1 aromatic heterocycles. The third-order valence-electron chi connectivity index (χ3n) is 5.60. The van der Waals surface area contributed by atoms with Crippen LogP contribution in [0.4, 0.5) is 20.6 Å². The van der Waals surface area contributed by atoms with Gasteiger partial charge in [0.1, 0.15) is 11.6 Å². The van der Waals surface area contributed by atoms with Gasteiger partial charge in [-0.15, -0.1) is 0 Å². The van der Waals surface area contributed by atoms with Crippen molar-refractivity contribution >= 4 is 29.0 Å². The highest BCUT2D eigenvalue weighted by molar-refractivity contribution is 6.30. The fourth-order valence-corrected chi connectivity index (χ4v) is 4.04. The van der Waals surface area contributed by atoms with Crippen molar-refractivity contribution in [3.63, 3.8) is 0 Å². The molecule has 0 unspecified atom stereocenters. The van der Waals surface area contributed by atoms with Crippen molar-refractivity contribution in [2.75, 3.05) is 30.4 Å². The highest BCUT2D eigenvalue weighted by atomic mass is 35.5. The van der Waals surface area contributed by atoms with Crippen molar-refractivity contribution in [2.45, 2.75) is 18.4 Å². The van der Waals surface area contributed by atoms with Gasteiger partial charge in [-0.25, -0.2) is 9.18 Å². The fraction of sp³-hybridized carbons (Fsp3) is 0.250. The maximum atomic E-state index is 13.4. The molecule has 0 aliphatic carbocycles. The molecule has 2 amide bonds. The molecule has 6 nitrogen and oxygen atoms in total. The first-order valence-electron chi connectivity index (χ1n) is 10.4. The zero-order valence-corrected chi connectivity index (χ0v) is 18.3. The van der Waals surface area contributed by atoms with Crippen LogP contribution < -0.4 is 20.3 Å². The second-order valence-electron chi connectivity index (χ2n) is 7.65. The molecule has 1 aliphatic heterocycles. The van der Waals surface area contributed by atoms with Crippen LogP contribution in [0.3, 0.4) is 0 Å². The number of methoxy groups -OCH3 is 1. The predicted octanol–water partition coefficient (Wildman–Crippen LogP) is 5.07. The van der Waals surface area contributed by atoms with Gasteiger partial charge in [-0.2, -0.15) is 0 Å². The summed E-state index contributed by atoms with van der Waals surface area (Å²) >= 11 is 5.92. The standard InChI is InChI=1S/C24H24ClFN4O2/c1-32-20-10-11-22(27-14-20)21-15-30(19-8-4-17(26)5-9-19)13-12-23(21)29-24(31)28-18-6-2-16(25)3-7-18/h2-11,14,21,23H,12-13,15H2,1H3,(H2,28,29,31)/t21-,23+/m0/s1. The molecule has 0 spiro atoms. The average molecular weight is 455 g/mol. The molecule has 0 bridgehead atoms. The van der Waals surface area contributed by atoms with Gasteiger partial charge in [-0.05, 0) is 67.1 Å². The highest BCUT2D eigenvalue weighted by Crippen LogP contribution is 2.30. The Bertz CT molecular complexity index is 1050. The summed E-state index contributed by atoms with van der Waals surface area (Å²) in [5.41, 5.74) is 2.46.